The second kappa shape index (κ2) is 6.67. The maximum atomic E-state index is 12.1. The van der Waals surface area contributed by atoms with E-state index < -0.39 is 0 Å². The molecule has 23 heavy (non-hydrogen) atoms. The summed E-state index contributed by atoms with van der Waals surface area (Å²) in [5.41, 5.74) is 2.28. The molecule has 3 rings (SSSR count). The number of rotatable bonds is 4. The quantitative estimate of drug-likeness (QED) is 0.735. The number of hydrogen-bond acceptors (Lipinski definition) is 3. The predicted molar refractivity (Wildman–Crippen MR) is 91.0 cm³/mol. The highest BCUT2D eigenvalue weighted by Crippen LogP contribution is 2.27. The Kier molecular flexibility index (Phi) is 4.44. The van der Waals surface area contributed by atoms with E-state index in [1.807, 2.05) is 42.5 Å². The largest absolute Gasteiger partial charge is 0.496 e. The van der Waals surface area contributed by atoms with Crippen LogP contribution < -0.4 is 10.3 Å². The van der Waals surface area contributed by atoms with Crippen LogP contribution in [0, 0.1) is 0 Å². The van der Waals surface area contributed by atoms with Crippen LogP contribution in [0.25, 0.3) is 11.3 Å². The summed E-state index contributed by atoms with van der Waals surface area (Å²) in [5, 5.41) is 5.09. The highest BCUT2D eigenvalue weighted by molar-refractivity contribution is 6.30. The predicted octanol–water partition coefficient (Wildman–Crippen LogP) is 3.62. The number of para-hydroxylation sites is 1. The van der Waals surface area contributed by atoms with Gasteiger partial charge in [0.25, 0.3) is 5.56 Å². The number of hydrogen-bond donors (Lipinski definition) is 0. The molecule has 0 atom stereocenters. The lowest BCUT2D eigenvalue weighted by Gasteiger charge is -2.10. The molecule has 116 valence electrons. The van der Waals surface area contributed by atoms with E-state index in [1.54, 1.807) is 19.2 Å². The van der Waals surface area contributed by atoms with Gasteiger partial charge in [-0.05, 0) is 35.9 Å². The maximum Gasteiger partial charge on any atom is 0.267 e. The summed E-state index contributed by atoms with van der Waals surface area (Å²) in [6.45, 7) is 0.363. The fraction of sp³-hybridized carbons (Fsp3) is 0.111. The third kappa shape index (κ3) is 3.43. The molecule has 0 amide bonds. The first-order chi connectivity index (χ1) is 11.2. The second-order valence-corrected chi connectivity index (χ2v) is 5.48. The molecule has 0 unspecified atom stereocenters. The Morgan fingerprint density at radius 1 is 1.09 bits per heavy atom. The fourth-order valence-corrected chi connectivity index (χ4v) is 2.58. The minimum Gasteiger partial charge on any atom is -0.496 e. The fourth-order valence-electron chi connectivity index (χ4n) is 2.37. The van der Waals surface area contributed by atoms with Crippen molar-refractivity contribution in [1.29, 1.82) is 0 Å². The van der Waals surface area contributed by atoms with Crippen LogP contribution in [-0.2, 0) is 6.54 Å². The van der Waals surface area contributed by atoms with Crippen molar-refractivity contribution in [2.24, 2.45) is 0 Å². The summed E-state index contributed by atoms with van der Waals surface area (Å²) in [4.78, 5) is 12.1. The summed E-state index contributed by atoms with van der Waals surface area (Å²) >= 11 is 5.99. The number of methoxy groups -OCH3 is 1. The van der Waals surface area contributed by atoms with E-state index in [2.05, 4.69) is 5.10 Å². The first-order valence-electron chi connectivity index (χ1n) is 7.13. The van der Waals surface area contributed by atoms with Crippen molar-refractivity contribution in [2.45, 2.75) is 6.54 Å². The van der Waals surface area contributed by atoms with Crippen LogP contribution in [0.4, 0.5) is 0 Å². The molecule has 5 heteroatoms. The number of halogens is 1. The minimum atomic E-state index is -0.163. The molecule has 0 fully saturated rings. The van der Waals surface area contributed by atoms with Gasteiger partial charge in [-0.2, -0.15) is 5.10 Å². The smallest absolute Gasteiger partial charge is 0.267 e. The van der Waals surface area contributed by atoms with Gasteiger partial charge in [0.2, 0.25) is 0 Å². The SMILES string of the molecule is COc1ccccc1-c1ccc(=O)n(Cc2cccc(Cl)c2)n1. The van der Waals surface area contributed by atoms with Gasteiger partial charge in [-0.1, -0.05) is 35.9 Å². The first-order valence-corrected chi connectivity index (χ1v) is 7.51. The molecule has 0 spiro atoms. The zero-order valence-corrected chi connectivity index (χ0v) is 13.3. The van der Waals surface area contributed by atoms with Gasteiger partial charge in [-0.25, -0.2) is 4.68 Å². The number of nitrogens with zero attached hydrogens (tertiary/aromatic N) is 2. The van der Waals surface area contributed by atoms with Crippen LogP contribution in [0.5, 0.6) is 5.75 Å². The van der Waals surface area contributed by atoms with Crippen molar-refractivity contribution < 1.29 is 4.74 Å². The molecular formula is C18H15ClN2O2. The van der Waals surface area contributed by atoms with E-state index in [0.29, 0.717) is 23.0 Å². The lowest BCUT2D eigenvalue weighted by atomic mass is 10.1. The van der Waals surface area contributed by atoms with Gasteiger partial charge in [0, 0.05) is 16.7 Å². The Morgan fingerprint density at radius 2 is 1.91 bits per heavy atom. The molecular weight excluding hydrogens is 312 g/mol. The molecule has 1 heterocycles. The van der Waals surface area contributed by atoms with Crippen LogP contribution in [0.3, 0.4) is 0 Å². The van der Waals surface area contributed by atoms with Gasteiger partial charge in [0.1, 0.15) is 5.75 Å². The third-order valence-corrected chi connectivity index (χ3v) is 3.71. The van der Waals surface area contributed by atoms with Gasteiger partial charge in [0.15, 0.2) is 0 Å². The van der Waals surface area contributed by atoms with Crippen LogP contribution in [0.15, 0.2) is 65.5 Å². The Labute approximate surface area is 138 Å². The Balaban J connectivity index is 2.01. The zero-order valence-electron chi connectivity index (χ0n) is 12.6. The molecule has 0 aliphatic rings. The summed E-state index contributed by atoms with van der Waals surface area (Å²) in [6.07, 6.45) is 0. The minimum absolute atomic E-state index is 0.163. The van der Waals surface area contributed by atoms with E-state index >= 15 is 0 Å². The van der Waals surface area contributed by atoms with Crippen LogP contribution >= 0.6 is 11.6 Å². The van der Waals surface area contributed by atoms with E-state index in [9.17, 15) is 4.79 Å². The second-order valence-electron chi connectivity index (χ2n) is 5.04. The van der Waals surface area contributed by atoms with Gasteiger partial charge >= 0.3 is 0 Å². The van der Waals surface area contributed by atoms with Crippen LogP contribution in [0.2, 0.25) is 5.02 Å². The summed E-state index contributed by atoms with van der Waals surface area (Å²) in [5.74, 6) is 0.716. The number of benzene rings is 2. The van der Waals surface area contributed by atoms with Gasteiger partial charge in [-0.3, -0.25) is 4.79 Å². The normalized spacial score (nSPS) is 10.5. The molecule has 4 nitrogen and oxygen atoms in total. The van der Waals surface area contributed by atoms with Crippen LogP contribution in [-0.4, -0.2) is 16.9 Å². The molecule has 1 aromatic heterocycles. The molecule has 0 saturated carbocycles. The molecule has 0 aliphatic carbocycles. The van der Waals surface area contributed by atoms with Gasteiger partial charge in [-0.15, -0.1) is 0 Å². The van der Waals surface area contributed by atoms with E-state index in [0.717, 1.165) is 11.1 Å². The molecule has 0 saturated heterocycles. The topological polar surface area (TPSA) is 44.1 Å². The highest BCUT2D eigenvalue weighted by atomic mass is 35.5. The van der Waals surface area contributed by atoms with Gasteiger partial charge in [0.05, 0.1) is 19.3 Å². The van der Waals surface area contributed by atoms with Crippen molar-refractivity contribution >= 4 is 11.6 Å². The summed E-state index contributed by atoms with van der Waals surface area (Å²) in [7, 11) is 1.61. The van der Waals surface area contributed by atoms with E-state index in [-0.39, 0.29) is 5.56 Å². The first kappa shape index (κ1) is 15.3. The van der Waals surface area contributed by atoms with Crippen molar-refractivity contribution in [3.05, 3.63) is 81.6 Å². The van der Waals surface area contributed by atoms with Crippen molar-refractivity contribution in [3.8, 4) is 17.0 Å². The standard InChI is InChI=1S/C18H15ClN2O2/c1-23-17-8-3-2-7-15(17)16-9-10-18(22)21(20-16)12-13-5-4-6-14(19)11-13/h2-11H,12H2,1H3. The zero-order chi connectivity index (χ0) is 16.2. The van der Waals surface area contributed by atoms with Crippen molar-refractivity contribution in [2.75, 3.05) is 7.11 Å². The number of aromatic nitrogens is 2. The lowest BCUT2D eigenvalue weighted by Crippen LogP contribution is -2.22. The van der Waals surface area contributed by atoms with Crippen LogP contribution in [0.1, 0.15) is 5.56 Å². The third-order valence-electron chi connectivity index (χ3n) is 3.47. The Hall–Kier alpha value is -2.59. The number of ether oxygens (including phenoxy) is 1. The average molecular weight is 327 g/mol. The van der Waals surface area contributed by atoms with Crippen molar-refractivity contribution in [1.82, 2.24) is 9.78 Å². The molecule has 0 N–H and O–H groups in total. The molecule has 0 aliphatic heterocycles. The lowest BCUT2D eigenvalue weighted by molar-refractivity contribution is 0.416. The summed E-state index contributed by atoms with van der Waals surface area (Å²) in [6, 6.07) is 18.2. The van der Waals surface area contributed by atoms with E-state index in [4.69, 9.17) is 16.3 Å². The maximum absolute atomic E-state index is 12.1. The molecule has 0 radical (unpaired) electrons. The average Bonchev–Trinajstić information content (AvgIpc) is 2.57. The highest BCUT2D eigenvalue weighted by Gasteiger charge is 2.09. The monoisotopic (exact) mass is 326 g/mol. The Morgan fingerprint density at radius 3 is 2.70 bits per heavy atom. The Bertz CT molecular complexity index is 890. The van der Waals surface area contributed by atoms with E-state index in [1.165, 1.54) is 10.7 Å². The molecule has 3 aromatic rings. The summed E-state index contributed by atoms with van der Waals surface area (Å²) < 4.78 is 6.78. The van der Waals surface area contributed by atoms with Crippen molar-refractivity contribution in [3.63, 3.8) is 0 Å². The van der Waals surface area contributed by atoms with Gasteiger partial charge < -0.3 is 4.74 Å². The molecule has 0 bridgehead atoms. The molecule has 2 aromatic carbocycles.